The monoisotopic (exact) mass is 1400 g/mol. The summed E-state index contributed by atoms with van der Waals surface area (Å²) in [6.45, 7) is 9.95. The van der Waals surface area contributed by atoms with Gasteiger partial charge in [0, 0.05) is 17.3 Å². The number of ether oxygens (including phenoxy) is 12. The molecule has 0 unspecified atom stereocenters. The molecule has 2 spiro atoms. The number of aliphatic hydroxyl groups excluding tert-OH is 19. The third kappa shape index (κ3) is 12.6. The van der Waals surface area contributed by atoms with Gasteiger partial charge in [0.2, 0.25) is 0 Å². The Hall–Kier alpha value is -1.28. The normalized spacial score (nSPS) is 57.9. The Morgan fingerprint density at radius 1 is 0.443 bits per heavy atom. The van der Waals surface area contributed by atoms with Crippen molar-refractivity contribution in [1.82, 2.24) is 0 Å². The number of rotatable bonds is 18. The Morgan fingerprint density at radius 2 is 0.938 bits per heavy atom. The summed E-state index contributed by atoms with van der Waals surface area (Å²) in [7, 11) is 0. The van der Waals surface area contributed by atoms with Crippen LogP contribution in [0, 0.1) is 56.7 Å². The molecule has 0 aromatic carbocycles. The van der Waals surface area contributed by atoms with E-state index >= 15 is 0 Å². The molecular formula is C65H108O32. The molecule has 12 rings (SSSR count). The van der Waals surface area contributed by atoms with Crippen LogP contribution in [0.1, 0.15) is 113 Å². The highest BCUT2D eigenvalue weighted by atomic mass is 16.8. The molecule has 32 heteroatoms. The molecule has 6 saturated carbocycles. The quantitative estimate of drug-likeness (QED) is 0.0568. The molecule has 0 radical (unpaired) electrons. The molecule has 20 N–H and O–H groups in total. The van der Waals surface area contributed by atoms with E-state index in [0.717, 1.165) is 25.7 Å². The van der Waals surface area contributed by atoms with Gasteiger partial charge in [0.25, 0.3) is 0 Å². The zero-order valence-electron chi connectivity index (χ0n) is 55.8. The predicted molar refractivity (Wildman–Crippen MR) is 321 cm³/mol. The third-order valence-corrected chi connectivity index (χ3v) is 26.6. The average Bonchev–Trinajstić information content (AvgIpc) is 1.46. The largest absolute Gasteiger partial charge is 0.396 e. The van der Waals surface area contributed by atoms with E-state index in [1.54, 1.807) is 13.8 Å². The molecule has 12 fully saturated rings. The van der Waals surface area contributed by atoms with E-state index in [2.05, 4.69) is 13.8 Å². The van der Waals surface area contributed by atoms with Crippen molar-refractivity contribution in [2.24, 2.45) is 56.7 Å². The molecule has 0 amide bonds. The second kappa shape index (κ2) is 27.9. The van der Waals surface area contributed by atoms with Crippen LogP contribution >= 0.6 is 0 Å². The number of hydrogen-bond acceptors (Lipinski definition) is 32. The molecular weight excluding hydrogens is 1290 g/mol. The van der Waals surface area contributed by atoms with E-state index in [4.69, 9.17) is 56.8 Å². The highest BCUT2D eigenvalue weighted by molar-refractivity contribution is 5.31. The molecule has 6 aliphatic heterocycles. The maximum atomic E-state index is 12.8. The predicted octanol–water partition coefficient (Wildman–Crippen LogP) is -6.47. The second-order valence-corrected chi connectivity index (χ2v) is 31.9. The minimum atomic E-state index is -1.96. The topological polar surface area (TPSA) is 515 Å². The van der Waals surface area contributed by atoms with Crippen LogP contribution in [-0.4, -0.2) is 337 Å². The van der Waals surface area contributed by atoms with E-state index in [-0.39, 0.29) is 47.0 Å². The minimum Gasteiger partial charge on any atom is -0.396 e. The van der Waals surface area contributed by atoms with E-state index in [1.165, 1.54) is 13.8 Å². The first-order valence-corrected chi connectivity index (χ1v) is 34.8. The number of fused-ring (bicyclic) bond motifs is 2. The van der Waals surface area contributed by atoms with Gasteiger partial charge in [0.15, 0.2) is 37.7 Å². The van der Waals surface area contributed by atoms with Gasteiger partial charge in [-0.1, -0.05) is 20.8 Å². The van der Waals surface area contributed by atoms with Crippen molar-refractivity contribution < 1.29 is 159 Å². The Morgan fingerprint density at radius 3 is 1.52 bits per heavy atom. The molecule has 12 aliphatic rings. The lowest BCUT2D eigenvalue weighted by Gasteiger charge is -2.64. The zero-order valence-corrected chi connectivity index (χ0v) is 55.8. The maximum Gasteiger partial charge on any atom is 0.187 e. The SMILES string of the molecule is C[C@@H]1O[C@@H](OC[C@H]2O[C@@H](O[C@H]3CC[C@]45C[C@]46CC[C@]4(C)[C@@H]([C@@H]7[C@H](O)[C@@H](C(C)(C)O)C[C@@H]7O[C@@H]7O[C@H](CO[C@H]8OC[C@H](O)[C@H](O)[C@@H]8O)[C@H](O)[C@H](O)[C@H]7O[C@@H]7O[C@H](CO)[C@H](O)[C@H](O)[C@H]7O)CC[C@@]4(C)[C@@H]6CC[C@H]5[C@@]3(C)CO)[C@H](O[C@@H]3O[C@@H](C)[C@H](O)[C@@H](O)[C@H]3O)[C@@H](O)[C@H]2O)[C@H](O)[C@H](O)[C@H]1O. The summed E-state index contributed by atoms with van der Waals surface area (Å²) < 4.78 is 73.3. The smallest absolute Gasteiger partial charge is 0.187 e. The third-order valence-electron chi connectivity index (χ3n) is 26.6. The van der Waals surface area contributed by atoms with E-state index in [1.807, 2.05) is 6.92 Å². The molecule has 0 aromatic rings. The fourth-order valence-corrected chi connectivity index (χ4v) is 20.6. The summed E-state index contributed by atoms with van der Waals surface area (Å²) in [5.74, 6) is -1.76. The van der Waals surface area contributed by atoms with Crippen LogP contribution in [0.5, 0.6) is 0 Å². The van der Waals surface area contributed by atoms with Gasteiger partial charge in [-0.25, -0.2) is 0 Å². The molecule has 6 aliphatic carbocycles. The highest BCUT2D eigenvalue weighted by Gasteiger charge is 2.83. The van der Waals surface area contributed by atoms with Crippen molar-refractivity contribution in [3.63, 3.8) is 0 Å². The van der Waals surface area contributed by atoms with Crippen molar-refractivity contribution in [3.8, 4) is 0 Å². The molecule has 6 saturated heterocycles. The van der Waals surface area contributed by atoms with Crippen LogP contribution in [0.25, 0.3) is 0 Å². The average molecular weight is 1400 g/mol. The van der Waals surface area contributed by atoms with Gasteiger partial charge in [-0.15, -0.1) is 0 Å². The van der Waals surface area contributed by atoms with Crippen LogP contribution in [0.2, 0.25) is 0 Å². The van der Waals surface area contributed by atoms with Crippen LogP contribution in [0.4, 0.5) is 0 Å². The Kier molecular flexibility index (Phi) is 21.7. The van der Waals surface area contributed by atoms with Crippen molar-refractivity contribution in [3.05, 3.63) is 0 Å². The van der Waals surface area contributed by atoms with Crippen LogP contribution in [-0.2, 0) is 56.8 Å². The molecule has 6 heterocycles. The fourth-order valence-electron chi connectivity index (χ4n) is 20.6. The number of hydrogen-bond donors (Lipinski definition) is 20. The van der Waals surface area contributed by atoms with Crippen LogP contribution in [0.3, 0.4) is 0 Å². The Bertz CT molecular complexity index is 2670. The first kappa shape index (κ1) is 75.4. The second-order valence-electron chi connectivity index (χ2n) is 31.9. The lowest BCUT2D eigenvalue weighted by atomic mass is 9.41. The summed E-state index contributed by atoms with van der Waals surface area (Å²) in [6, 6.07) is 0. The fraction of sp³-hybridized carbons (Fsp3) is 1.00. The maximum absolute atomic E-state index is 12.8. The molecule has 97 heavy (non-hydrogen) atoms. The van der Waals surface area contributed by atoms with Crippen LogP contribution < -0.4 is 0 Å². The Balaban J connectivity index is 0.793. The van der Waals surface area contributed by atoms with Crippen molar-refractivity contribution in [1.29, 1.82) is 0 Å². The van der Waals surface area contributed by atoms with Crippen LogP contribution in [0.15, 0.2) is 0 Å². The van der Waals surface area contributed by atoms with Gasteiger partial charge in [0.1, 0.15) is 128 Å². The molecule has 560 valence electrons. The van der Waals surface area contributed by atoms with Gasteiger partial charge in [-0.3, -0.25) is 0 Å². The summed E-state index contributed by atoms with van der Waals surface area (Å²) in [4.78, 5) is 0. The zero-order chi connectivity index (χ0) is 70.5. The Labute approximate surface area is 561 Å². The van der Waals surface area contributed by atoms with Gasteiger partial charge in [-0.2, -0.15) is 0 Å². The summed E-state index contributed by atoms with van der Waals surface area (Å²) >= 11 is 0. The van der Waals surface area contributed by atoms with Crippen molar-refractivity contribution in [2.45, 2.75) is 315 Å². The lowest BCUT2D eigenvalue weighted by Crippen LogP contribution is -2.66. The minimum absolute atomic E-state index is 0.0553. The standard InChI is InChI=1S/C65H108O32/c1-23-36(69)43(76)49(82)55(89-23)88-20-31-42(75)47(80)53(96-56-50(83)44(77)37(70)24(2)90-56)59(94-31)95-34-11-13-64-21-65(64)15-14-62(6)25(10-12-63(62,7)33(65)9-8-32(64)61(34,5)22-67)35-28(16-26(38(35)71)60(3,4)85)91-58-52(97-57-51(84)45(78)40(73)29(17-66)92-57)46(79)41(74)30(93-58)19-87-54-48(81)39(72)27(68)18-86-54/h23-59,66-85H,8-22H2,1-7H3/t23-,24-,25+,26-,27-,28-,29+,30+,31+,32-,33-,34-,35-,36-,37-,38+,39-,40-,41-,42-,43+,44+,45-,46-,47-,48-,49+,50+,51+,52+,53+,54+,55+,56-,57-,58+,59-,61+,62+,63-,64+,65-/m0/s1. The van der Waals surface area contributed by atoms with Crippen molar-refractivity contribution >= 4 is 0 Å². The van der Waals surface area contributed by atoms with E-state index in [0.29, 0.717) is 32.1 Å². The molecule has 42 atom stereocenters. The summed E-state index contributed by atoms with van der Waals surface area (Å²) in [5.41, 5.74) is -3.78. The van der Waals surface area contributed by atoms with E-state index < -0.39 is 251 Å². The highest BCUT2D eigenvalue weighted by Crippen LogP contribution is 2.89. The first-order chi connectivity index (χ1) is 45.5. The van der Waals surface area contributed by atoms with E-state index in [9.17, 15) is 102 Å². The molecule has 32 nitrogen and oxygen atoms in total. The first-order valence-electron chi connectivity index (χ1n) is 34.8. The number of aliphatic hydroxyl groups is 20. The van der Waals surface area contributed by atoms with Gasteiger partial charge >= 0.3 is 0 Å². The molecule has 0 bridgehead atoms. The van der Waals surface area contributed by atoms with Crippen molar-refractivity contribution in [2.75, 3.05) is 33.0 Å². The summed E-state index contributed by atoms with van der Waals surface area (Å²) in [6.07, 6.45) is -44.1. The van der Waals surface area contributed by atoms with Gasteiger partial charge in [0.05, 0.1) is 69.2 Å². The molecule has 0 aromatic heterocycles. The van der Waals surface area contributed by atoms with Gasteiger partial charge < -0.3 is 159 Å². The lowest BCUT2D eigenvalue weighted by molar-refractivity contribution is -0.380. The summed E-state index contributed by atoms with van der Waals surface area (Å²) in [5, 5.41) is 222. The van der Waals surface area contributed by atoms with Gasteiger partial charge in [-0.05, 0) is 131 Å².